The van der Waals surface area contributed by atoms with E-state index in [0.717, 1.165) is 12.8 Å². The van der Waals surface area contributed by atoms with Gasteiger partial charge in [-0.3, -0.25) is 4.79 Å². The van der Waals surface area contributed by atoms with Crippen LogP contribution in [-0.4, -0.2) is 12.6 Å². The predicted molar refractivity (Wildman–Crippen MR) is 41.0 cm³/mol. The van der Waals surface area contributed by atoms with Gasteiger partial charge in [-0.1, -0.05) is 13.8 Å². The van der Waals surface area contributed by atoms with Crippen LogP contribution in [0.1, 0.15) is 26.7 Å². The highest BCUT2D eigenvalue weighted by atomic mass is 16.5. The molecule has 1 heterocycles. The molecular weight excluding hydrogens is 140 g/mol. The van der Waals surface area contributed by atoms with Crippen molar-refractivity contribution in [3.63, 3.8) is 0 Å². The average Bonchev–Trinajstić information content (AvgIpc) is 2.64. The number of rotatable bonds is 1. The van der Waals surface area contributed by atoms with Gasteiger partial charge in [0.2, 0.25) is 0 Å². The summed E-state index contributed by atoms with van der Waals surface area (Å²) in [5.41, 5.74) is 0.343. The quantitative estimate of drug-likeness (QED) is 0.536. The van der Waals surface area contributed by atoms with E-state index in [4.69, 9.17) is 4.74 Å². The van der Waals surface area contributed by atoms with Crippen LogP contribution in [0.5, 0.6) is 0 Å². The average molecular weight is 154 g/mol. The zero-order valence-electron chi connectivity index (χ0n) is 7.09. The topological polar surface area (TPSA) is 26.3 Å². The lowest BCUT2D eigenvalue weighted by atomic mass is 9.86. The van der Waals surface area contributed by atoms with Gasteiger partial charge < -0.3 is 4.74 Å². The standard InChI is InChI=1S/C9H14O2/c1-6(2)9-3-4-11-8(10)7(9)5-9/h6-7H,3-5H2,1-2H3. The molecule has 1 aliphatic heterocycles. The van der Waals surface area contributed by atoms with E-state index in [9.17, 15) is 4.79 Å². The van der Waals surface area contributed by atoms with E-state index in [1.54, 1.807) is 0 Å². The van der Waals surface area contributed by atoms with E-state index in [2.05, 4.69) is 13.8 Å². The third kappa shape index (κ3) is 0.815. The minimum atomic E-state index is 0.0463. The van der Waals surface area contributed by atoms with E-state index in [1.165, 1.54) is 0 Å². The van der Waals surface area contributed by atoms with Gasteiger partial charge in [0.1, 0.15) is 0 Å². The molecule has 1 aliphatic carbocycles. The fourth-order valence-electron chi connectivity index (χ4n) is 2.28. The third-order valence-electron chi connectivity index (χ3n) is 3.36. The molecule has 0 bridgehead atoms. The second-order valence-corrected chi connectivity index (χ2v) is 4.06. The monoisotopic (exact) mass is 154 g/mol. The summed E-state index contributed by atoms with van der Waals surface area (Å²) in [6.07, 6.45) is 2.16. The van der Waals surface area contributed by atoms with Crippen molar-refractivity contribution < 1.29 is 9.53 Å². The van der Waals surface area contributed by atoms with Crippen LogP contribution in [0.2, 0.25) is 0 Å². The van der Waals surface area contributed by atoms with Crippen molar-refractivity contribution in [2.45, 2.75) is 26.7 Å². The van der Waals surface area contributed by atoms with Crippen LogP contribution in [0.4, 0.5) is 0 Å². The fraction of sp³-hybridized carbons (Fsp3) is 0.889. The molecule has 11 heavy (non-hydrogen) atoms. The van der Waals surface area contributed by atoms with Crippen LogP contribution in [-0.2, 0) is 9.53 Å². The fourth-order valence-corrected chi connectivity index (χ4v) is 2.28. The number of cyclic esters (lactones) is 1. The zero-order valence-corrected chi connectivity index (χ0v) is 7.09. The molecule has 2 fully saturated rings. The van der Waals surface area contributed by atoms with Gasteiger partial charge in [0.25, 0.3) is 0 Å². The summed E-state index contributed by atoms with van der Waals surface area (Å²) >= 11 is 0. The van der Waals surface area contributed by atoms with Crippen LogP contribution in [0.25, 0.3) is 0 Å². The molecule has 2 unspecified atom stereocenters. The highest BCUT2D eigenvalue weighted by Crippen LogP contribution is 2.62. The molecule has 1 saturated carbocycles. The lowest BCUT2D eigenvalue weighted by Gasteiger charge is -2.24. The Labute approximate surface area is 66.9 Å². The Morgan fingerprint density at radius 1 is 1.64 bits per heavy atom. The Kier molecular flexibility index (Phi) is 1.29. The van der Waals surface area contributed by atoms with Gasteiger partial charge in [0, 0.05) is 0 Å². The molecule has 0 radical (unpaired) electrons. The number of hydrogen-bond donors (Lipinski definition) is 0. The van der Waals surface area contributed by atoms with Crippen LogP contribution in [0.3, 0.4) is 0 Å². The largest absolute Gasteiger partial charge is 0.465 e. The van der Waals surface area contributed by atoms with Crippen molar-refractivity contribution in [1.82, 2.24) is 0 Å². The van der Waals surface area contributed by atoms with Crippen molar-refractivity contribution in [1.29, 1.82) is 0 Å². The van der Waals surface area contributed by atoms with Gasteiger partial charge in [-0.15, -0.1) is 0 Å². The molecule has 0 aromatic heterocycles. The molecule has 2 rings (SSSR count). The van der Waals surface area contributed by atoms with Gasteiger partial charge in [0.15, 0.2) is 0 Å². The Balaban J connectivity index is 2.14. The highest BCUT2D eigenvalue weighted by Gasteiger charge is 2.62. The Bertz CT molecular complexity index is 198. The van der Waals surface area contributed by atoms with Crippen molar-refractivity contribution in [3.8, 4) is 0 Å². The summed E-state index contributed by atoms with van der Waals surface area (Å²) < 4.78 is 4.97. The maximum atomic E-state index is 11.1. The SMILES string of the molecule is CC(C)C12CCOC(=O)C1C2. The van der Waals surface area contributed by atoms with Crippen molar-refractivity contribution in [3.05, 3.63) is 0 Å². The molecule has 1 saturated heterocycles. The summed E-state index contributed by atoms with van der Waals surface area (Å²) in [4.78, 5) is 11.1. The zero-order chi connectivity index (χ0) is 8.06. The molecule has 2 heteroatoms. The number of ether oxygens (including phenoxy) is 1. The summed E-state index contributed by atoms with van der Waals surface area (Å²) in [6, 6.07) is 0. The summed E-state index contributed by atoms with van der Waals surface area (Å²) in [5.74, 6) is 0.932. The lowest BCUT2D eigenvalue weighted by Crippen LogP contribution is -2.26. The third-order valence-corrected chi connectivity index (χ3v) is 3.36. The van der Waals surface area contributed by atoms with Crippen molar-refractivity contribution in [2.24, 2.45) is 17.3 Å². The molecule has 0 N–H and O–H groups in total. The Morgan fingerprint density at radius 2 is 2.36 bits per heavy atom. The van der Waals surface area contributed by atoms with Crippen LogP contribution in [0, 0.1) is 17.3 Å². The molecule has 0 aromatic rings. The number of esters is 1. The van der Waals surface area contributed by atoms with Gasteiger partial charge in [-0.05, 0) is 24.2 Å². The Morgan fingerprint density at radius 3 is 2.91 bits per heavy atom. The van der Waals surface area contributed by atoms with E-state index in [1.807, 2.05) is 0 Å². The first-order valence-corrected chi connectivity index (χ1v) is 4.33. The van der Waals surface area contributed by atoms with Gasteiger partial charge in [-0.25, -0.2) is 0 Å². The maximum absolute atomic E-state index is 11.1. The molecule has 0 amide bonds. The number of carbonyl (C=O) groups excluding carboxylic acids is 1. The van der Waals surface area contributed by atoms with Crippen LogP contribution >= 0.6 is 0 Å². The molecule has 2 nitrogen and oxygen atoms in total. The number of fused-ring (bicyclic) bond motifs is 1. The number of hydrogen-bond acceptors (Lipinski definition) is 2. The van der Waals surface area contributed by atoms with Gasteiger partial charge in [0.05, 0.1) is 12.5 Å². The maximum Gasteiger partial charge on any atom is 0.309 e. The summed E-state index contributed by atoms with van der Waals surface area (Å²) in [7, 11) is 0. The number of carbonyl (C=O) groups is 1. The lowest BCUT2D eigenvalue weighted by molar-refractivity contribution is -0.151. The van der Waals surface area contributed by atoms with Crippen LogP contribution in [0.15, 0.2) is 0 Å². The summed E-state index contributed by atoms with van der Waals surface area (Å²) in [6.45, 7) is 5.06. The molecule has 2 aliphatic rings. The first-order chi connectivity index (χ1) is 5.17. The molecule has 0 spiro atoms. The predicted octanol–water partition coefficient (Wildman–Crippen LogP) is 1.60. The molecule has 0 aromatic carbocycles. The van der Waals surface area contributed by atoms with Gasteiger partial charge >= 0.3 is 5.97 Å². The highest BCUT2D eigenvalue weighted by molar-refractivity contribution is 5.78. The first kappa shape index (κ1) is 7.14. The first-order valence-electron chi connectivity index (χ1n) is 4.33. The minimum Gasteiger partial charge on any atom is -0.465 e. The van der Waals surface area contributed by atoms with Gasteiger partial charge in [-0.2, -0.15) is 0 Å². The smallest absolute Gasteiger partial charge is 0.309 e. The second-order valence-electron chi connectivity index (χ2n) is 4.06. The normalized spacial score (nSPS) is 41.7. The molecular formula is C9H14O2. The summed E-state index contributed by atoms with van der Waals surface area (Å²) in [5, 5.41) is 0. The van der Waals surface area contributed by atoms with E-state index >= 15 is 0 Å². The van der Waals surface area contributed by atoms with E-state index in [0.29, 0.717) is 17.9 Å². The van der Waals surface area contributed by atoms with E-state index in [-0.39, 0.29) is 11.9 Å². The van der Waals surface area contributed by atoms with Crippen LogP contribution < -0.4 is 0 Å². The molecule has 62 valence electrons. The molecule has 2 atom stereocenters. The minimum absolute atomic E-state index is 0.0463. The second kappa shape index (κ2) is 1.99. The van der Waals surface area contributed by atoms with E-state index < -0.39 is 0 Å². The van der Waals surface area contributed by atoms with Crippen molar-refractivity contribution in [2.75, 3.05) is 6.61 Å². The van der Waals surface area contributed by atoms with Crippen molar-refractivity contribution >= 4 is 5.97 Å². The Hall–Kier alpha value is -0.530.